The molecule has 2 aliphatic rings. The third-order valence-corrected chi connectivity index (χ3v) is 7.34. The van der Waals surface area contributed by atoms with Gasteiger partial charge in [-0.1, -0.05) is 18.9 Å². The minimum absolute atomic E-state index is 0.0606. The second kappa shape index (κ2) is 9.15. The van der Waals surface area contributed by atoms with Gasteiger partial charge in [0.05, 0.1) is 17.8 Å². The van der Waals surface area contributed by atoms with Gasteiger partial charge in [-0.15, -0.1) is 63.1 Å². The highest BCUT2D eigenvalue weighted by molar-refractivity contribution is 8.15. The van der Waals surface area contributed by atoms with E-state index in [9.17, 15) is 5.11 Å². The Morgan fingerprint density at radius 3 is 2.62 bits per heavy atom. The zero-order chi connectivity index (χ0) is 24.0. The van der Waals surface area contributed by atoms with E-state index in [1.807, 2.05) is 11.9 Å². The lowest BCUT2D eigenvalue weighted by Crippen LogP contribution is -2.49. The van der Waals surface area contributed by atoms with Crippen LogP contribution in [0.1, 0.15) is 32.1 Å². The standard InChI is InChI=1S/C21H25FN8OS3/c1-29(15-8-11-3-2-4-12(7-11)18(15)22)17-10-23-20(25-24-17)14-6-5-13(9-16(14)31)19-26-28-30(27-19)21(32,33)34/h5-6,9-12,15,18,31-34H,2-4,7-8H2,1H3/t11-,12+,15+,18-/m1/s1. The Labute approximate surface area is 212 Å². The first-order valence-corrected chi connectivity index (χ1v) is 12.4. The van der Waals surface area contributed by atoms with Crippen molar-refractivity contribution in [2.75, 3.05) is 11.9 Å². The first-order chi connectivity index (χ1) is 16.2. The SMILES string of the molecule is CN(c1cnc(-c2ccc(-c3nnn(C(S)(S)S)n3)cc2O)nn1)[C@H]1C[C@@H]2CCC[C@@H](C2)[C@H]1F. The van der Waals surface area contributed by atoms with Crippen molar-refractivity contribution in [2.45, 2.75) is 47.9 Å². The molecule has 1 aromatic carbocycles. The van der Waals surface area contributed by atoms with Crippen molar-refractivity contribution in [1.82, 2.24) is 35.4 Å². The number of hydrogen-bond acceptors (Lipinski definition) is 11. The first kappa shape index (κ1) is 23.6. The molecule has 2 heterocycles. The second-order valence-corrected chi connectivity index (χ2v) is 12.0. The normalized spacial score (nSPS) is 24.7. The van der Waals surface area contributed by atoms with Crippen LogP contribution in [0.25, 0.3) is 22.8 Å². The van der Waals surface area contributed by atoms with Gasteiger partial charge in [-0.05, 0) is 48.4 Å². The lowest BCUT2D eigenvalue weighted by molar-refractivity contribution is 0.0656. The van der Waals surface area contributed by atoms with E-state index in [-0.39, 0.29) is 29.4 Å². The third-order valence-electron chi connectivity index (χ3n) is 6.80. The topological polar surface area (TPSA) is 106 Å². The number of thiol groups is 3. The monoisotopic (exact) mass is 520 g/mol. The Bertz CT molecular complexity index is 1170. The maximum atomic E-state index is 15.1. The zero-order valence-corrected chi connectivity index (χ0v) is 21.1. The van der Waals surface area contributed by atoms with E-state index < -0.39 is 9.71 Å². The van der Waals surface area contributed by atoms with Gasteiger partial charge in [-0.2, -0.15) is 0 Å². The van der Waals surface area contributed by atoms with Crippen LogP contribution in [0.15, 0.2) is 24.4 Å². The number of phenolic OH excluding ortho intramolecular Hbond substituents is 1. The van der Waals surface area contributed by atoms with E-state index >= 15 is 4.39 Å². The molecule has 2 saturated carbocycles. The number of aromatic nitrogens is 7. The summed E-state index contributed by atoms with van der Waals surface area (Å²) in [6, 6.07) is 4.64. The number of nitrogens with zero attached hydrogens (tertiary/aromatic N) is 8. The highest BCUT2D eigenvalue weighted by Crippen LogP contribution is 2.43. The lowest BCUT2D eigenvalue weighted by Gasteiger charge is -2.45. The van der Waals surface area contributed by atoms with Crippen molar-refractivity contribution in [2.24, 2.45) is 11.8 Å². The van der Waals surface area contributed by atoms with Crippen molar-refractivity contribution in [3.05, 3.63) is 24.4 Å². The number of anilines is 1. The van der Waals surface area contributed by atoms with E-state index in [1.54, 1.807) is 18.3 Å². The molecule has 0 amide bonds. The molecule has 2 bridgehead atoms. The van der Waals surface area contributed by atoms with E-state index in [4.69, 9.17) is 0 Å². The Morgan fingerprint density at radius 2 is 1.94 bits per heavy atom. The summed E-state index contributed by atoms with van der Waals surface area (Å²) in [5, 5.41) is 31.0. The van der Waals surface area contributed by atoms with E-state index in [1.165, 1.54) is 12.5 Å². The average molecular weight is 521 g/mol. The van der Waals surface area contributed by atoms with Crippen LogP contribution in [0.3, 0.4) is 0 Å². The number of rotatable bonds is 5. The van der Waals surface area contributed by atoms with Crippen molar-refractivity contribution in [1.29, 1.82) is 0 Å². The van der Waals surface area contributed by atoms with Crippen LogP contribution >= 0.6 is 37.9 Å². The van der Waals surface area contributed by atoms with Crippen molar-refractivity contribution in [3.63, 3.8) is 0 Å². The average Bonchev–Trinajstić information content (AvgIpc) is 3.33. The van der Waals surface area contributed by atoms with E-state index in [0.717, 1.165) is 30.5 Å². The summed E-state index contributed by atoms with van der Waals surface area (Å²) in [6.07, 6.45) is 5.79. The van der Waals surface area contributed by atoms with Crippen LogP contribution < -0.4 is 4.90 Å². The van der Waals surface area contributed by atoms with Crippen molar-refractivity contribution < 1.29 is 9.50 Å². The summed E-state index contributed by atoms with van der Waals surface area (Å²) in [7, 11) is 1.85. The number of alkyl halides is 1. The quantitative estimate of drug-likeness (QED) is 0.299. The minimum Gasteiger partial charge on any atom is -0.507 e. The van der Waals surface area contributed by atoms with Crippen molar-refractivity contribution in [3.8, 4) is 28.5 Å². The molecule has 0 spiro atoms. The number of benzene rings is 1. The molecule has 0 radical (unpaired) electrons. The Kier molecular flexibility index (Phi) is 6.36. The molecule has 9 nitrogen and oxygen atoms in total. The summed E-state index contributed by atoms with van der Waals surface area (Å²) in [4.78, 5) is 7.38. The molecule has 2 fully saturated rings. The van der Waals surface area contributed by atoms with Gasteiger partial charge in [0, 0.05) is 12.6 Å². The molecule has 3 aromatic rings. The Morgan fingerprint density at radius 1 is 1.12 bits per heavy atom. The molecular formula is C21H25FN8OS3. The van der Waals surface area contributed by atoms with Crippen LogP contribution in [0, 0.1) is 11.8 Å². The maximum Gasteiger partial charge on any atom is 0.213 e. The first-order valence-electron chi connectivity index (χ1n) is 11.1. The highest BCUT2D eigenvalue weighted by atomic mass is 32.2. The smallest absolute Gasteiger partial charge is 0.213 e. The van der Waals surface area contributed by atoms with Gasteiger partial charge >= 0.3 is 0 Å². The van der Waals surface area contributed by atoms with Gasteiger partial charge in [0.15, 0.2) is 11.6 Å². The number of phenols is 1. The summed E-state index contributed by atoms with van der Waals surface area (Å²) in [5.41, 5.74) is 0.938. The van der Waals surface area contributed by atoms with Gasteiger partial charge in [0.25, 0.3) is 0 Å². The zero-order valence-electron chi connectivity index (χ0n) is 18.4. The fourth-order valence-electron chi connectivity index (χ4n) is 5.03. The minimum atomic E-state index is -1.21. The predicted octanol–water partition coefficient (Wildman–Crippen LogP) is 3.61. The Hall–Kier alpha value is -2.12. The molecule has 4 atom stereocenters. The van der Waals surface area contributed by atoms with Gasteiger partial charge in [0.2, 0.25) is 9.36 Å². The fraction of sp³-hybridized carbons (Fsp3) is 0.524. The fourth-order valence-corrected chi connectivity index (χ4v) is 5.29. The number of fused-ring (bicyclic) bond motifs is 2. The van der Waals surface area contributed by atoms with Crippen LogP contribution in [-0.2, 0) is 3.54 Å². The molecule has 34 heavy (non-hydrogen) atoms. The Balaban J connectivity index is 1.34. The molecule has 13 heteroatoms. The van der Waals surface area contributed by atoms with Crippen LogP contribution in [-0.4, -0.2) is 59.8 Å². The molecule has 2 aromatic heterocycles. The molecule has 0 saturated heterocycles. The van der Waals surface area contributed by atoms with Crippen LogP contribution in [0.2, 0.25) is 0 Å². The number of aromatic hydroxyl groups is 1. The van der Waals surface area contributed by atoms with Gasteiger partial charge in [0.1, 0.15) is 11.9 Å². The summed E-state index contributed by atoms with van der Waals surface area (Å²) < 4.78 is 13.9. The molecule has 2 aliphatic carbocycles. The highest BCUT2D eigenvalue weighted by Gasteiger charge is 2.42. The predicted molar refractivity (Wildman–Crippen MR) is 136 cm³/mol. The van der Waals surface area contributed by atoms with Crippen molar-refractivity contribution >= 4 is 43.7 Å². The summed E-state index contributed by atoms with van der Waals surface area (Å²) in [5.74, 6) is 1.70. The lowest BCUT2D eigenvalue weighted by atomic mass is 9.69. The van der Waals surface area contributed by atoms with Crippen LogP contribution in [0.5, 0.6) is 5.75 Å². The summed E-state index contributed by atoms with van der Waals surface area (Å²) >= 11 is 12.5. The summed E-state index contributed by atoms with van der Waals surface area (Å²) in [6.45, 7) is 0. The third kappa shape index (κ3) is 4.57. The molecule has 1 N–H and O–H groups in total. The second-order valence-electron chi connectivity index (χ2n) is 9.03. The van der Waals surface area contributed by atoms with Gasteiger partial charge in [-0.3, -0.25) is 0 Å². The largest absolute Gasteiger partial charge is 0.507 e. The molecular weight excluding hydrogens is 495 g/mol. The number of halogens is 1. The molecule has 0 unspecified atom stereocenters. The molecule has 180 valence electrons. The van der Waals surface area contributed by atoms with Crippen LogP contribution in [0.4, 0.5) is 10.2 Å². The maximum absolute atomic E-state index is 15.1. The van der Waals surface area contributed by atoms with E-state index in [0.29, 0.717) is 22.9 Å². The van der Waals surface area contributed by atoms with Gasteiger partial charge in [-0.25, -0.2) is 9.37 Å². The number of hydrogen-bond donors (Lipinski definition) is 4. The number of tetrazole rings is 1. The molecule has 0 aliphatic heterocycles. The van der Waals surface area contributed by atoms with E-state index in [2.05, 4.69) is 68.5 Å². The van der Waals surface area contributed by atoms with Gasteiger partial charge < -0.3 is 10.0 Å². The molecule has 5 rings (SSSR count).